The van der Waals surface area contributed by atoms with Crippen LogP contribution in [-0.2, 0) is 4.79 Å². The highest BCUT2D eigenvalue weighted by molar-refractivity contribution is 5.95. The normalized spacial score (nSPS) is 11.5. The summed E-state index contributed by atoms with van der Waals surface area (Å²) < 4.78 is 29.3. The Balaban J connectivity index is 2.03. The Morgan fingerprint density at radius 1 is 1.17 bits per heavy atom. The van der Waals surface area contributed by atoms with Gasteiger partial charge in [0.25, 0.3) is 5.91 Å². The molecule has 2 aromatic rings. The third kappa shape index (κ3) is 4.62. The number of halogens is 1. The zero-order valence-corrected chi connectivity index (χ0v) is 13.8. The molecule has 1 amide bonds. The third-order valence-electron chi connectivity index (χ3n) is 3.24. The molecule has 5 nitrogen and oxygen atoms in total. The molecule has 1 N–H and O–H groups in total. The zero-order valence-electron chi connectivity index (χ0n) is 13.8. The van der Waals surface area contributed by atoms with Crippen LogP contribution in [0, 0.1) is 5.82 Å². The molecule has 0 aromatic heterocycles. The quantitative estimate of drug-likeness (QED) is 0.840. The Labute approximate surface area is 140 Å². The largest absolute Gasteiger partial charge is 0.497 e. The first-order chi connectivity index (χ1) is 11.5. The second-order valence-corrected chi connectivity index (χ2v) is 5.00. The molecule has 0 spiro atoms. The maximum absolute atomic E-state index is 13.3. The maximum Gasteiger partial charge on any atom is 0.265 e. The van der Waals surface area contributed by atoms with Crippen molar-refractivity contribution in [1.29, 1.82) is 0 Å². The first-order valence-corrected chi connectivity index (χ1v) is 7.57. The van der Waals surface area contributed by atoms with E-state index in [0.717, 1.165) is 0 Å². The fourth-order valence-corrected chi connectivity index (χ4v) is 2.02. The summed E-state index contributed by atoms with van der Waals surface area (Å²) >= 11 is 0. The van der Waals surface area contributed by atoms with Crippen LogP contribution in [0.4, 0.5) is 10.1 Å². The predicted octanol–water partition coefficient (Wildman–Crippen LogP) is 3.64. The third-order valence-corrected chi connectivity index (χ3v) is 3.24. The average Bonchev–Trinajstić information content (AvgIpc) is 2.58. The number of nitrogens with one attached hydrogen (secondary N) is 1. The number of hydrogen-bond acceptors (Lipinski definition) is 4. The van der Waals surface area contributed by atoms with Crippen LogP contribution in [0.3, 0.4) is 0 Å². The minimum Gasteiger partial charge on any atom is -0.497 e. The molecule has 2 rings (SSSR count). The lowest BCUT2D eigenvalue weighted by atomic mass is 10.2. The lowest BCUT2D eigenvalue weighted by Crippen LogP contribution is -2.30. The Morgan fingerprint density at radius 2 is 1.83 bits per heavy atom. The van der Waals surface area contributed by atoms with Crippen LogP contribution in [0.1, 0.15) is 13.8 Å². The van der Waals surface area contributed by atoms with Crippen molar-refractivity contribution in [3.63, 3.8) is 0 Å². The van der Waals surface area contributed by atoms with Crippen LogP contribution >= 0.6 is 0 Å². The van der Waals surface area contributed by atoms with E-state index in [2.05, 4.69) is 5.32 Å². The first kappa shape index (κ1) is 17.6. The molecule has 0 fully saturated rings. The Morgan fingerprint density at radius 3 is 2.46 bits per heavy atom. The van der Waals surface area contributed by atoms with Crippen LogP contribution < -0.4 is 19.5 Å². The van der Waals surface area contributed by atoms with E-state index in [-0.39, 0.29) is 11.7 Å². The second-order valence-electron chi connectivity index (χ2n) is 5.00. The first-order valence-electron chi connectivity index (χ1n) is 7.57. The Hall–Kier alpha value is -2.76. The van der Waals surface area contributed by atoms with Gasteiger partial charge in [-0.05, 0) is 50.2 Å². The van der Waals surface area contributed by atoms with E-state index in [1.807, 2.05) is 0 Å². The minimum atomic E-state index is -0.738. The number of ether oxygens (including phenoxy) is 3. The predicted molar refractivity (Wildman–Crippen MR) is 89.3 cm³/mol. The van der Waals surface area contributed by atoms with Crippen molar-refractivity contribution < 1.29 is 23.4 Å². The van der Waals surface area contributed by atoms with Gasteiger partial charge in [0.15, 0.2) is 6.10 Å². The number of carbonyl (C=O) groups is 1. The summed E-state index contributed by atoms with van der Waals surface area (Å²) in [6.07, 6.45) is -0.738. The zero-order chi connectivity index (χ0) is 17.5. The van der Waals surface area contributed by atoms with Gasteiger partial charge >= 0.3 is 0 Å². The summed E-state index contributed by atoms with van der Waals surface area (Å²) in [6.45, 7) is 3.78. The van der Waals surface area contributed by atoms with Crippen LogP contribution in [0.5, 0.6) is 17.2 Å². The molecule has 0 saturated carbocycles. The SMILES string of the molecule is CCOc1cc(F)ccc1NC(=O)C(C)Oc1ccc(OC)cc1. The summed E-state index contributed by atoms with van der Waals surface area (Å²) in [4.78, 5) is 12.3. The number of hydrogen-bond donors (Lipinski definition) is 1. The van der Waals surface area contributed by atoms with Gasteiger partial charge in [0.2, 0.25) is 0 Å². The van der Waals surface area contributed by atoms with E-state index in [0.29, 0.717) is 23.8 Å². The van der Waals surface area contributed by atoms with E-state index >= 15 is 0 Å². The highest BCUT2D eigenvalue weighted by Gasteiger charge is 2.17. The molecule has 0 aliphatic heterocycles. The molecule has 0 heterocycles. The molecule has 0 saturated heterocycles. The maximum atomic E-state index is 13.3. The van der Waals surface area contributed by atoms with Crippen LogP contribution in [-0.4, -0.2) is 25.7 Å². The summed E-state index contributed by atoms with van der Waals surface area (Å²) in [5.74, 6) is 0.731. The van der Waals surface area contributed by atoms with Crippen molar-refractivity contribution in [3.8, 4) is 17.2 Å². The Bertz CT molecular complexity index is 688. The van der Waals surface area contributed by atoms with E-state index in [1.165, 1.54) is 18.2 Å². The number of amides is 1. The van der Waals surface area contributed by atoms with Crippen LogP contribution in [0.15, 0.2) is 42.5 Å². The summed E-state index contributed by atoms with van der Waals surface area (Å²) in [5, 5.41) is 2.68. The van der Waals surface area contributed by atoms with Crippen molar-refractivity contribution in [2.45, 2.75) is 20.0 Å². The van der Waals surface area contributed by atoms with E-state index in [4.69, 9.17) is 14.2 Å². The molecule has 2 aromatic carbocycles. The molecule has 6 heteroatoms. The number of anilines is 1. The van der Waals surface area contributed by atoms with E-state index in [9.17, 15) is 9.18 Å². The van der Waals surface area contributed by atoms with Gasteiger partial charge in [-0.3, -0.25) is 4.79 Å². The minimum absolute atomic E-state index is 0.280. The lowest BCUT2D eigenvalue weighted by molar-refractivity contribution is -0.122. The van der Waals surface area contributed by atoms with Crippen molar-refractivity contribution >= 4 is 11.6 Å². The monoisotopic (exact) mass is 333 g/mol. The van der Waals surface area contributed by atoms with Crippen LogP contribution in [0.25, 0.3) is 0 Å². The molecular formula is C18H20FNO4. The number of methoxy groups -OCH3 is 1. The fraction of sp³-hybridized carbons (Fsp3) is 0.278. The molecule has 0 bridgehead atoms. The second kappa shape index (κ2) is 8.19. The fourth-order valence-electron chi connectivity index (χ4n) is 2.02. The average molecular weight is 333 g/mol. The van der Waals surface area contributed by atoms with Gasteiger partial charge in [-0.15, -0.1) is 0 Å². The highest BCUT2D eigenvalue weighted by Crippen LogP contribution is 2.26. The van der Waals surface area contributed by atoms with E-state index in [1.54, 1.807) is 45.2 Å². The van der Waals surface area contributed by atoms with Crippen molar-refractivity contribution in [2.24, 2.45) is 0 Å². The molecule has 128 valence electrons. The van der Waals surface area contributed by atoms with E-state index < -0.39 is 11.9 Å². The number of benzene rings is 2. The molecule has 24 heavy (non-hydrogen) atoms. The topological polar surface area (TPSA) is 56.8 Å². The molecule has 1 atom stereocenters. The summed E-state index contributed by atoms with van der Waals surface area (Å²) in [5.41, 5.74) is 0.397. The lowest BCUT2D eigenvalue weighted by Gasteiger charge is -2.16. The van der Waals surface area contributed by atoms with Gasteiger partial charge in [-0.25, -0.2) is 4.39 Å². The number of carbonyl (C=O) groups excluding carboxylic acids is 1. The van der Waals surface area contributed by atoms with Gasteiger partial charge in [0.1, 0.15) is 23.1 Å². The molecule has 0 aliphatic carbocycles. The van der Waals surface area contributed by atoms with Gasteiger partial charge in [-0.2, -0.15) is 0 Å². The summed E-state index contributed by atoms with van der Waals surface area (Å²) in [7, 11) is 1.57. The van der Waals surface area contributed by atoms with Crippen LogP contribution in [0.2, 0.25) is 0 Å². The van der Waals surface area contributed by atoms with Crippen molar-refractivity contribution in [2.75, 3.05) is 19.0 Å². The molecule has 0 aliphatic rings. The molecular weight excluding hydrogens is 313 g/mol. The van der Waals surface area contributed by atoms with Gasteiger partial charge in [0, 0.05) is 6.07 Å². The smallest absolute Gasteiger partial charge is 0.265 e. The number of rotatable bonds is 7. The van der Waals surface area contributed by atoms with Gasteiger partial charge < -0.3 is 19.5 Å². The summed E-state index contributed by atoms with van der Waals surface area (Å²) in [6, 6.07) is 10.9. The standard InChI is InChI=1S/C18H20FNO4/c1-4-23-17-11-13(19)5-10-16(17)20-18(21)12(2)24-15-8-6-14(22-3)7-9-15/h5-12H,4H2,1-3H3,(H,20,21). The molecule has 0 radical (unpaired) electrons. The van der Waals surface area contributed by atoms with Crippen molar-refractivity contribution in [1.82, 2.24) is 0 Å². The highest BCUT2D eigenvalue weighted by atomic mass is 19.1. The van der Waals surface area contributed by atoms with Gasteiger partial charge in [-0.1, -0.05) is 0 Å². The molecule has 1 unspecified atom stereocenters. The Kier molecular flexibility index (Phi) is 6.01. The van der Waals surface area contributed by atoms with Gasteiger partial charge in [0.05, 0.1) is 19.4 Å². The van der Waals surface area contributed by atoms with Crippen molar-refractivity contribution in [3.05, 3.63) is 48.3 Å².